The van der Waals surface area contributed by atoms with Gasteiger partial charge in [-0.2, -0.15) is 0 Å². The van der Waals surface area contributed by atoms with E-state index in [0.29, 0.717) is 0 Å². The van der Waals surface area contributed by atoms with E-state index in [-0.39, 0.29) is 6.07 Å². The summed E-state index contributed by atoms with van der Waals surface area (Å²) in [7, 11) is 0. The van der Waals surface area contributed by atoms with Crippen LogP contribution in [0.2, 0.25) is 0 Å². The molecule has 1 nitrogen and oxygen atoms in total. The number of hydrogen-bond acceptors (Lipinski definition) is 1. The molecule has 0 rings (SSSR count). The lowest BCUT2D eigenvalue weighted by molar-refractivity contribution is 0.413. The largest absolute Gasteiger partial charge is 0.494 e. The summed E-state index contributed by atoms with van der Waals surface area (Å²) in [5, 5.41) is 0. The Balaban J connectivity index is 3.15. The standard InChI is InChI=1S/CH2Cl4OSi/c2-1-6-7(3,4)5/h1H2. The van der Waals surface area contributed by atoms with E-state index >= 15 is 0 Å². The fraction of sp³-hybridized carbons (Fsp3) is 1.00. The van der Waals surface area contributed by atoms with Crippen LogP contribution in [0.1, 0.15) is 0 Å². The molecule has 0 heterocycles. The monoisotopic (exact) mass is 198 g/mol. The lowest BCUT2D eigenvalue weighted by Crippen LogP contribution is -2.14. The van der Waals surface area contributed by atoms with Gasteiger partial charge in [0.1, 0.15) is 6.07 Å². The zero-order valence-corrected chi connectivity index (χ0v) is 7.15. The molecule has 0 bridgehead atoms. The zero-order valence-electron chi connectivity index (χ0n) is 3.13. The van der Waals surface area contributed by atoms with Crippen LogP contribution in [-0.4, -0.2) is 12.3 Å². The summed E-state index contributed by atoms with van der Waals surface area (Å²) in [5.41, 5.74) is 0. The van der Waals surface area contributed by atoms with Crippen molar-refractivity contribution in [2.75, 3.05) is 6.07 Å². The molecular formula is CH2Cl4OSi. The van der Waals surface area contributed by atoms with Gasteiger partial charge in [-0.15, -0.1) is 0 Å². The molecule has 0 aliphatic carbocycles. The van der Waals surface area contributed by atoms with Crippen molar-refractivity contribution >= 4 is 51.1 Å². The van der Waals surface area contributed by atoms with Crippen LogP contribution in [0.3, 0.4) is 0 Å². The molecule has 0 atom stereocenters. The average molecular weight is 200 g/mol. The van der Waals surface area contributed by atoms with Gasteiger partial charge in [0.25, 0.3) is 0 Å². The van der Waals surface area contributed by atoms with Crippen molar-refractivity contribution in [1.82, 2.24) is 0 Å². The molecule has 0 radical (unpaired) electrons. The number of hydrogen-bond donors (Lipinski definition) is 0. The van der Waals surface area contributed by atoms with E-state index in [4.69, 9.17) is 44.8 Å². The molecule has 0 N–H and O–H groups in total. The molecule has 0 aliphatic rings. The highest BCUT2D eigenvalue weighted by molar-refractivity contribution is 7.62. The Morgan fingerprint density at radius 2 is 1.71 bits per heavy atom. The summed E-state index contributed by atoms with van der Waals surface area (Å²) in [6.07, 6.45) is -2.87. The van der Waals surface area contributed by atoms with Crippen molar-refractivity contribution in [1.29, 1.82) is 0 Å². The lowest BCUT2D eigenvalue weighted by atomic mass is 11.7. The smallest absolute Gasteiger partial charge is 0.367 e. The van der Waals surface area contributed by atoms with E-state index in [2.05, 4.69) is 4.43 Å². The molecule has 7 heavy (non-hydrogen) atoms. The average Bonchev–Trinajstić information content (AvgIpc) is 1.30. The normalized spacial score (nSPS) is 12.0. The quantitative estimate of drug-likeness (QED) is 0.377. The second-order valence-electron chi connectivity index (χ2n) is 0.699. The van der Waals surface area contributed by atoms with Crippen molar-refractivity contribution in [3.05, 3.63) is 0 Å². The first-order valence-corrected chi connectivity index (χ1v) is 6.81. The molecule has 44 valence electrons. The van der Waals surface area contributed by atoms with E-state index < -0.39 is 6.25 Å². The van der Waals surface area contributed by atoms with Gasteiger partial charge in [0.2, 0.25) is 0 Å². The molecular weight excluding hydrogens is 198 g/mol. The maximum atomic E-state index is 5.20. The molecule has 0 unspecified atom stereocenters. The van der Waals surface area contributed by atoms with Crippen molar-refractivity contribution < 1.29 is 4.43 Å². The first-order valence-electron chi connectivity index (χ1n) is 1.33. The highest BCUT2D eigenvalue weighted by Gasteiger charge is 2.26. The Bertz CT molecular complexity index is 50.1. The molecule has 0 fully saturated rings. The van der Waals surface area contributed by atoms with Gasteiger partial charge >= 0.3 is 6.25 Å². The van der Waals surface area contributed by atoms with Gasteiger partial charge in [0.15, 0.2) is 0 Å². The van der Waals surface area contributed by atoms with Crippen molar-refractivity contribution in [3.8, 4) is 0 Å². The fourth-order valence-electron chi connectivity index (χ4n) is 0.0619. The first-order chi connectivity index (χ1) is 3.06. The number of halogens is 4. The van der Waals surface area contributed by atoms with E-state index in [9.17, 15) is 0 Å². The SMILES string of the molecule is ClCO[Si](Cl)(Cl)Cl. The van der Waals surface area contributed by atoms with Crippen LogP contribution in [-0.2, 0) is 4.43 Å². The number of rotatable bonds is 2. The highest BCUT2D eigenvalue weighted by Crippen LogP contribution is 2.20. The zero-order chi connectivity index (χ0) is 5.91. The van der Waals surface area contributed by atoms with Gasteiger partial charge in [-0.25, -0.2) is 0 Å². The van der Waals surface area contributed by atoms with Crippen LogP contribution in [0.25, 0.3) is 0 Å². The molecule has 0 saturated heterocycles. The minimum absolute atomic E-state index is 0.0529. The summed E-state index contributed by atoms with van der Waals surface area (Å²) < 4.78 is 4.43. The maximum absolute atomic E-state index is 5.20. The van der Waals surface area contributed by atoms with Crippen LogP contribution < -0.4 is 0 Å². The van der Waals surface area contributed by atoms with Crippen molar-refractivity contribution in [2.24, 2.45) is 0 Å². The Kier molecular flexibility index (Phi) is 4.02. The van der Waals surface area contributed by atoms with Gasteiger partial charge < -0.3 is 4.43 Å². The van der Waals surface area contributed by atoms with E-state index in [1.54, 1.807) is 0 Å². The maximum Gasteiger partial charge on any atom is 0.494 e. The molecule has 6 heteroatoms. The predicted octanol–water partition coefficient (Wildman–Crippen LogP) is 2.35. The summed E-state index contributed by atoms with van der Waals surface area (Å²) in [5.74, 6) is 0. The topological polar surface area (TPSA) is 9.23 Å². The molecule has 0 amide bonds. The summed E-state index contributed by atoms with van der Waals surface area (Å²) in [4.78, 5) is 0. The van der Waals surface area contributed by atoms with Crippen LogP contribution >= 0.6 is 44.8 Å². The summed E-state index contributed by atoms with van der Waals surface area (Å²) in [6.45, 7) is 0. The Morgan fingerprint density at radius 3 is 1.71 bits per heavy atom. The van der Waals surface area contributed by atoms with E-state index in [1.807, 2.05) is 0 Å². The lowest BCUT2D eigenvalue weighted by Gasteiger charge is -2.02. The molecule has 0 spiro atoms. The van der Waals surface area contributed by atoms with Gasteiger partial charge in [-0.1, -0.05) is 44.8 Å². The van der Waals surface area contributed by atoms with Gasteiger partial charge in [0.05, 0.1) is 0 Å². The van der Waals surface area contributed by atoms with E-state index in [0.717, 1.165) is 0 Å². The van der Waals surface area contributed by atoms with Crippen LogP contribution in [0.15, 0.2) is 0 Å². The molecule has 0 aliphatic heterocycles. The minimum atomic E-state index is -2.87. The Labute approximate surface area is 61.7 Å². The van der Waals surface area contributed by atoms with E-state index in [1.165, 1.54) is 0 Å². The Hall–Kier alpha value is 1.34. The minimum Gasteiger partial charge on any atom is -0.367 e. The first kappa shape index (κ1) is 8.34. The third-order valence-electron chi connectivity index (χ3n) is 0.218. The molecule has 0 saturated carbocycles. The molecule has 0 aromatic carbocycles. The summed E-state index contributed by atoms with van der Waals surface area (Å²) >= 11 is 20.6. The fourth-order valence-corrected chi connectivity index (χ4v) is 1.67. The third-order valence-corrected chi connectivity index (χ3v) is 1.96. The molecule has 0 aromatic rings. The Morgan fingerprint density at radius 1 is 1.29 bits per heavy atom. The van der Waals surface area contributed by atoms with Crippen LogP contribution in [0.5, 0.6) is 0 Å². The van der Waals surface area contributed by atoms with Crippen LogP contribution in [0.4, 0.5) is 0 Å². The van der Waals surface area contributed by atoms with Gasteiger partial charge in [-0.05, 0) is 0 Å². The van der Waals surface area contributed by atoms with Crippen molar-refractivity contribution in [2.45, 2.75) is 0 Å². The number of alkyl halides is 1. The highest BCUT2D eigenvalue weighted by atomic mass is 35.8. The second-order valence-corrected chi connectivity index (χ2v) is 8.63. The van der Waals surface area contributed by atoms with Gasteiger partial charge in [-0.3, -0.25) is 0 Å². The third kappa shape index (κ3) is 7.34. The molecule has 0 aromatic heterocycles. The van der Waals surface area contributed by atoms with Crippen LogP contribution in [0, 0.1) is 0 Å². The summed E-state index contributed by atoms with van der Waals surface area (Å²) in [6, 6.07) is -0.0529. The second kappa shape index (κ2) is 3.38. The van der Waals surface area contributed by atoms with Crippen molar-refractivity contribution in [3.63, 3.8) is 0 Å². The predicted molar refractivity (Wildman–Crippen MR) is 35.1 cm³/mol. The van der Waals surface area contributed by atoms with Gasteiger partial charge in [0, 0.05) is 0 Å².